The maximum absolute atomic E-state index is 4.65. The van der Waals surface area contributed by atoms with Gasteiger partial charge in [0, 0.05) is 10.9 Å². The van der Waals surface area contributed by atoms with Crippen molar-refractivity contribution in [3.05, 3.63) is 66.7 Å². The number of nitrogens with zero attached hydrogens (tertiary/aromatic N) is 1. The van der Waals surface area contributed by atoms with Gasteiger partial charge in [-0.3, -0.25) is 11.7 Å². The molecule has 0 aliphatic carbocycles. The molecule has 0 fully saturated rings. The summed E-state index contributed by atoms with van der Waals surface area (Å²) in [7, 11) is 0. The Morgan fingerprint density at radius 2 is 1.33 bits per heavy atom. The molecule has 1 aromatic heterocycles. The number of hydrogen-bond acceptors (Lipinski definition) is 3. The lowest BCUT2D eigenvalue weighted by molar-refractivity contribution is 1.26. The molecule has 0 bridgehead atoms. The van der Waals surface area contributed by atoms with E-state index in [0.29, 0.717) is 0 Å². The number of hydrogen-bond donors (Lipinski definition) is 2. The van der Waals surface area contributed by atoms with Gasteiger partial charge in [-0.2, -0.15) is 0 Å². The van der Waals surface area contributed by atoms with Gasteiger partial charge in [0.15, 0.2) is 0 Å². The second-order valence-corrected chi connectivity index (χ2v) is 3.76. The number of hydrazine groups is 1. The molecule has 0 atom stereocenters. The second-order valence-electron chi connectivity index (χ2n) is 3.76. The minimum Gasteiger partial charge on any atom is -0.274 e. The molecule has 3 rings (SSSR count). The van der Waals surface area contributed by atoms with Crippen LogP contribution in [-0.2, 0) is 0 Å². The third kappa shape index (κ3) is 2.53. The summed E-state index contributed by atoms with van der Waals surface area (Å²) in [4.78, 5) is 4.65. The fourth-order valence-electron chi connectivity index (χ4n) is 1.84. The summed E-state index contributed by atoms with van der Waals surface area (Å²) < 4.78 is 0. The van der Waals surface area contributed by atoms with Gasteiger partial charge in [0.2, 0.25) is 0 Å². The topological polar surface area (TPSA) is 64.9 Å². The summed E-state index contributed by atoms with van der Waals surface area (Å²) in [6, 6.07) is 22.6. The molecule has 0 spiro atoms. The number of pyridine rings is 1. The first kappa shape index (κ1) is 12.2. The largest absolute Gasteiger partial charge is 0.274 e. The highest BCUT2D eigenvalue weighted by atomic mass is 15.0. The summed E-state index contributed by atoms with van der Waals surface area (Å²) in [5.41, 5.74) is 3.23. The fraction of sp³-hybridized carbons (Fsp3) is 0. The summed E-state index contributed by atoms with van der Waals surface area (Å²) in [6.45, 7) is 0. The van der Waals surface area contributed by atoms with Gasteiger partial charge < -0.3 is 0 Å². The SMILES string of the molecule is NN.c1ccc(-c2ccc3ccccc3n2)cc1. The molecule has 0 amide bonds. The van der Waals surface area contributed by atoms with E-state index in [-0.39, 0.29) is 0 Å². The predicted octanol–water partition coefficient (Wildman–Crippen LogP) is 2.72. The van der Waals surface area contributed by atoms with Crippen LogP contribution < -0.4 is 11.7 Å². The number of fused-ring (bicyclic) bond motifs is 1. The van der Waals surface area contributed by atoms with Crippen LogP contribution in [0.3, 0.4) is 0 Å². The summed E-state index contributed by atoms with van der Waals surface area (Å²) in [5, 5.41) is 1.18. The van der Waals surface area contributed by atoms with E-state index in [2.05, 4.69) is 47.0 Å². The number of nitrogens with two attached hydrogens (primary N) is 2. The minimum absolute atomic E-state index is 1.03. The van der Waals surface area contributed by atoms with Crippen LogP contribution in [0.5, 0.6) is 0 Å². The second kappa shape index (κ2) is 5.91. The average molecular weight is 237 g/mol. The van der Waals surface area contributed by atoms with Crippen molar-refractivity contribution in [1.29, 1.82) is 0 Å². The summed E-state index contributed by atoms with van der Waals surface area (Å²) >= 11 is 0. The Hall–Kier alpha value is -2.23. The number of benzene rings is 2. The molecular weight excluding hydrogens is 222 g/mol. The van der Waals surface area contributed by atoms with Crippen LogP contribution in [0.4, 0.5) is 0 Å². The van der Waals surface area contributed by atoms with Crippen LogP contribution in [0.15, 0.2) is 66.7 Å². The third-order valence-electron chi connectivity index (χ3n) is 2.67. The van der Waals surface area contributed by atoms with Crippen molar-refractivity contribution in [1.82, 2.24) is 4.98 Å². The van der Waals surface area contributed by atoms with Gasteiger partial charge in [-0.1, -0.05) is 54.6 Å². The molecule has 0 radical (unpaired) electrons. The van der Waals surface area contributed by atoms with E-state index in [1.54, 1.807) is 0 Å². The minimum atomic E-state index is 1.03. The maximum Gasteiger partial charge on any atom is 0.0709 e. The highest BCUT2D eigenvalue weighted by Gasteiger charge is 1.99. The normalized spacial score (nSPS) is 9.67. The molecule has 3 aromatic rings. The lowest BCUT2D eigenvalue weighted by Crippen LogP contribution is -2.02. The van der Waals surface area contributed by atoms with Crippen LogP contribution in [0.2, 0.25) is 0 Å². The molecule has 1 heterocycles. The average Bonchev–Trinajstić information content (AvgIpc) is 2.50. The molecule has 0 saturated carbocycles. The fourth-order valence-corrected chi connectivity index (χ4v) is 1.84. The molecule has 0 aliphatic heterocycles. The van der Waals surface area contributed by atoms with E-state index in [0.717, 1.165) is 16.8 Å². The van der Waals surface area contributed by atoms with Crippen molar-refractivity contribution in [3.63, 3.8) is 0 Å². The molecule has 0 aliphatic rings. The monoisotopic (exact) mass is 237 g/mol. The zero-order valence-corrected chi connectivity index (χ0v) is 9.95. The standard InChI is InChI=1S/C15H11N.H4N2/c1-2-6-12(7-3-1)15-11-10-13-8-4-5-9-14(13)16-15;1-2/h1-11H;1-2H2. The van der Waals surface area contributed by atoms with Crippen LogP contribution in [0, 0.1) is 0 Å². The van der Waals surface area contributed by atoms with E-state index in [9.17, 15) is 0 Å². The van der Waals surface area contributed by atoms with E-state index in [1.165, 1.54) is 5.39 Å². The van der Waals surface area contributed by atoms with Gasteiger partial charge in [-0.25, -0.2) is 4.98 Å². The van der Waals surface area contributed by atoms with Crippen LogP contribution >= 0.6 is 0 Å². The first-order valence-corrected chi connectivity index (χ1v) is 5.68. The van der Waals surface area contributed by atoms with E-state index < -0.39 is 0 Å². The van der Waals surface area contributed by atoms with Crippen molar-refractivity contribution < 1.29 is 0 Å². The highest BCUT2D eigenvalue weighted by Crippen LogP contribution is 2.20. The van der Waals surface area contributed by atoms with Crippen molar-refractivity contribution in [3.8, 4) is 11.3 Å². The van der Waals surface area contributed by atoms with Gasteiger partial charge in [0.1, 0.15) is 0 Å². The number of para-hydroxylation sites is 1. The smallest absolute Gasteiger partial charge is 0.0709 e. The Morgan fingerprint density at radius 3 is 2.11 bits per heavy atom. The van der Waals surface area contributed by atoms with Crippen molar-refractivity contribution in [2.75, 3.05) is 0 Å². The molecule has 2 aromatic carbocycles. The Kier molecular flexibility index (Phi) is 4.02. The molecule has 90 valence electrons. The molecular formula is C15H15N3. The molecule has 0 unspecified atom stereocenters. The first-order valence-electron chi connectivity index (χ1n) is 5.68. The Morgan fingerprint density at radius 1 is 0.667 bits per heavy atom. The predicted molar refractivity (Wildman–Crippen MR) is 75.6 cm³/mol. The molecule has 18 heavy (non-hydrogen) atoms. The van der Waals surface area contributed by atoms with Crippen LogP contribution in [0.25, 0.3) is 22.2 Å². The molecule has 3 nitrogen and oxygen atoms in total. The van der Waals surface area contributed by atoms with Crippen molar-refractivity contribution in [2.24, 2.45) is 11.7 Å². The van der Waals surface area contributed by atoms with Crippen LogP contribution in [-0.4, -0.2) is 4.98 Å². The molecule has 4 N–H and O–H groups in total. The third-order valence-corrected chi connectivity index (χ3v) is 2.67. The zero-order valence-electron chi connectivity index (χ0n) is 9.95. The molecule has 3 heteroatoms. The van der Waals surface area contributed by atoms with E-state index in [4.69, 9.17) is 0 Å². The van der Waals surface area contributed by atoms with Gasteiger partial charge >= 0.3 is 0 Å². The van der Waals surface area contributed by atoms with E-state index in [1.807, 2.05) is 36.4 Å². The Balaban J connectivity index is 0.000000574. The van der Waals surface area contributed by atoms with Gasteiger partial charge in [-0.15, -0.1) is 0 Å². The highest BCUT2D eigenvalue weighted by molar-refractivity contribution is 5.81. The molecule has 0 saturated heterocycles. The van der Waals surface area contributed by atoms with E-state index >= 15 is 0 Å². The van der Waals surface area contributed by atoms with Crippen LogP contribution in [0.1, 0.15) is 0 Å². The maximum atomic E-state index is 4.65. The van der Waals surface area contributed by atoms with Gasteiger partial charge in [0.25, 0.3) is 0 Å². The lowest BCUT2D eigenvalue weighted by Gasteiger charge is -2.02. The first-order chi connectivity index (χ1) is 8.93. The Labute approximate surface area is 106 Å². The number of aromatic nitrogens is 1. The lowest BCUT2D eigenvalue weighted by atomic mass is 10.1. The summed E-state index contributed by atoms with van der Waals surface area (Å²) in [6.07, 6.45) is 0. The summed E-state index contributed by atoms with van der Waals surface area (Å²) in [5.74, 6) is 8.00. The number of rotatable bonds is 1. The van der Waals surface area contributed by atoms with Gasteiger partial charge in [-0.05, 0) is 12.1 Å². The van der Waals surface area contributed by atoms with Crippen molar-refractivity contribution in [2.45, 2.75) is 0 Å². The van der Waals surface area contributed by atoms with Crippen molar-refractivity contribution >= 4 is 10.9 Å². The Bertz CT molecular complexity index is 621. The quantitative estimate of drug-likeness (QED) is 0.505. The van der Waals surface area contributed by atoms with Gasteiger partial charge in [0.05, 0.1) is 11.2 Å². The zero-order chi connectivity index (χ0) is 12.8.